The lowest BCUT2D eigenvalue weighted by molar-refractivity contribution is 0.172. The van der Waals surface area contributed by atoms with Crippen LogP contribution in [0.15, 0.2) is 54.0 Å². The number of hydrogen-bond acceptors (Lipinski definition) is 5. The second-order valence-electron chi connectivity index (χ2n) is 7.79. The molecule has 2 aromatic carbocycles. The van der Waals surface area contributed by atoms with E-state index in [1.54, 1.807) is 23.5 Å². The highest BCUT2D eigenvalue weighted by atomic mass is 32.1. The highest BCUT2D eigenvalue weighted by Crippen LogP contribution is 2.47. The number of aromatic nitrogens is 1. The summed E-state index contributed by atoms with van der Waals surface area (Å²) < 4.78 is 13.1. The maximum absolute atomic E-state index is 13.1. The fraction of sp³-hybridized carbons (Fsp3) is 0.292. The van der Waals surface area contributed by atoms with Gasteiger partial charge in [-0.2, -0.15) is 0 Å². The van der Waals surface area contributed by atoms with Gasteiger partial charge in [0.2, 0.25) is 0 Å². The summed E-state index contributed by atoms with van der Waals surface area (Å²) in [6.07, 6.45) is 2.89. The molecule has 5 rings (SSSR count). The molecule has 6 heteroatoms. The molecule has 1 aromatic heterocycles. The average molecular weight is 420 g/mol. The summed E-state index contributed by atoms with van der Waals surface area (Å²) in [6.45, 7) is 1.93. The Morgan fingerprint density at radius 2 is 1.97 bits per heavy atom. The molecule has 2 aliphatic rings. The second-order valence-corrected chi connectivity index (χ2v) is 8.77. The zero-order valence-corrected chi connectivity index (χ0v) is 17.2. The van der Waals surface area contributed by atoms with Gasteiger partial charge in [0.05, 0.1) is 19.2 Å². The van der Waals surface area contributed by atoms with Gasteiger partial charge in [-0.05, 0) is 61.0 Å². The van der Waals surface area contributed by atoms with Crippen molar-refractivity contribution in [2.75, 3.05) is 18.5 Å². The Morgan fingerprint density at radius 3 is 2.73 bits per heavy atom. The predicted octanol–water partition coefficient (Wildman–Crippen LogP) is 4.03. The fourth-order valence-corrected chi connectivity index (χ4v) is 5.24. The van der Waals surface area contributed by atoms with Gasteiger partial charge in [-0.1, -0.05) is 11.8 Å². The third-order valence-electron chi connectivity index (χ3n) is 5.99. The van der Waals surface area contributed by atoms with E-state index in [1.807, 2.05) is 17.6 Å². The first-order chi connectivity index (χ1) is 14.7. The van der Waals surface area contributed by atoms with Crippen LogP contribution in [0, 0.1) is 23.6 Å². The lowest BCUT2D eigenvalue weighted by Crippen LogP contribution is -2.41. The van der Waals surface area contributed by atoms with Crippen molar-refractivity contribution < 1.29 is 9.50 Å². The van der Waals surface area contributed by atoms with E-state index < -0.39 is 0 Å². The monoisotopic (exact) mass is 419 g/mol. The van der Waals surface area contributed by atoms with Crippen LogP contribution >= 0.6 is 11.3 Å². The van der Waals surface area contributed by atoms with Crippen LogP contribution in [0.25, 0.3) is 0 Å². The van der Waals surface area contributed by atoms with E-state index in [2.05, 4.69) is 39.2 Å². The number of nitrogens with zero attached hydrogens (tertiary/aromatic N) is 2. The number of fused-ring (bicyclic) bond motifs is 3. The quantitative estimate of drug-likeness (QED) is 0.630. The molecule has 3 aromatic rings. The van der Waals surface area contributed by atoms with Crippen LogP contribution in [-0.2, 0) is 6.54 Å². The lowest BCUT2D eigenvalue weighted by atomic mass is 9.82. The molecule has 0 amide bonds. The van der Waals surface area contributed by atoms with Gasteiger partial charge in [-0.15, -0.1) is 11.3 Å². The largest absolute Gasteiger partial charge is 0.394 e. The van der Waals surface area contributed by atoms with Gasteiger partial charge >= 0.3 is 0 Å². The topological polar surface area (TPSA) is 48.4 Å². The van der Waals surface area contributed by atoms with E-state index >= 15 is 0 Å². The SMILES string of the molecule is OC[C@H]1Nc2ccc(C#Cc3ccc(F)cc3)cc2[C@H]2[C@@H]1CCN2Cc1nccs1. The summed E-state index contributed by atoms with van der Waals surface area (Å²) in [5.74, 6) is 6.43. The van der Waals surface area contributed by atoms with Crippen molar-refractivity contribution >= 4 is 17.0 Å². The minimum Gasteiger partial charge on any atom is -0.394 e. The number of thiazole rings is 1. The molecule has 30 heavy (non-hydrogen) atoms. The van der Waals surface area contributed by atoms with E-state index in [0.717, 1.165) is 41.3 Å². The maximum atomic E-state index is 13.1. The van der Waals surface area contributed by atoms with Crippen molar-refractivity contribution in [1.29, 1.82) is 0 Å². The van der Waals surface area contributed by atoms with E-state index in [4.69, 9.17) is 0 Å². The van der Waals surface area contributed by atoms with Crippen molar-refractivity contribution in [2.24, 2.45) is 5.92 Å². The number of benzene rings is 2. The molecule has 0 aliphatic carbocycles. The third-order valence-corrected chi connectivity index (χ3v) is 6.75. The van der Waals surface area contributed by atoms with Gasteiger partial charge in [0.1, 0.15) is 10.8 Å². The number of rotatable bonds is 3. The first-order valence-corrected chi connectivity index (χ1v) is 11.0. The summed E-state index contributed by atoms with van der Waals surface area (Å²) in [4.78, 5) is 6.94. The summed E-state index contributed by atoms with van der Waals surface area (Å²) in [7, 11) is 0. The molecule has 0 saturated carbocycles. The van der Waals surface area contributed by atoms with Crippen molar-refractivity contribution in [2.45, 2.75) is 25.0 Å². The molecule has 1 saturated heterocycles. The Bertz CT molecular complexity index is 1090. The first-order valence-electron chi connectivity index (χ1n) is 10.1. The molecule has 3 heterocycles. The number of halogens is 1. The second kappa shape index (κ2) is 8.19. The van der Waals surface area contributed by atoms with Gasteiger partial charge in [-0.25, -0.2) is 9.37 Å². The number of aliphatic hydroxyl groups is 1. The number of nitrogens with one attached hydrogen (secondary N) is 1. The normalized spacial score (nSPS) is 22.5. The Balaban J connectivity index is 1.48. The summed E-state index contributed by atoms with van der Waals surface area (Å²) in [5.41, 5.74) is 4.01. The van der Waals surface area contributed by atoms with Gasteiger partial charge in [0.25, 0.3) is 0 Å². The van der Waals surface area contributed by atoms with E-state index in [-0.39, 0.29) is 24.5 Å². The first kappa shape index (κ1) is 19.3. The third kappa shape index (κ3) is 3.72. The van der Waals surface area contributed by atoms with Gasteiger partial charge in [-0.3, -0.25) is 4.90 Å². The highest BCUT2D eigenvalue weighted by Gasteiger charge is 2.43. The summed E-state index contributed by atoms with van der Waals surface area (Å²) >= 11 is 1.68. The molecular formula is C24H22FN3OS. The van der Waals surface area contributed by atoms with Crippen LogP contribution in [0.3, 0.4) is 0 Å². The Hall–Kier alpha value is -2.72. The van der Waals surface area contributed by atoms with Crippen LogP contribution in [0.2, 0.25) is 0 Å². The molecule has 0 radical (unpaired) electrons. The minimum absolute atomic E-state index is 0.0555. The van der Waals surface area contributed by atoms with Crippen LogP contribution in [0.4, 0.5) is 10.1 Å². The van der Waals surface area contributed by atoms with Crippen LogP contribution < -0.4 is 5.32 Å². The van der Waals surface area contributed by atoms with Gasteiger partial charge in [0.15, 0.2) is 0 Å². The highest BCUT2D eigenvalue weighted by molar-refractivity contribution is 7.09. The van der Waals surface area contributed by atoms with E-state index in [1.165, 1.54) is 17.7 Å². The van der Waals surface area contributed by atoms with Crippen LogP contribution in [-0.4, -0.2) is 34.2 Å². The van der Waals surface area contributed by atoms with Crippen LogP contribution in [0.1, 0.15) is 34.2 Å². The van der Waals surface area contributed by atoms with Crippen LogP contribution in [0.5, 0.6) is 0 Å². The minimum atomic E-state index is -0.258. The number of likely N-dealkylation sites (tertiary alicyclic amines) is 1. The smallest absolute Gasteiger partial charge is 0.123 e. The fourth-order valence-electron chi connectivity index (χ4n) is 4.60. The molecule has 4 nitrogen and oxygen atoms in total. The predicted molar refractivity (Wildman–Crippen MR) is 117 cm³/mol. The molecule has 0 spiro atoms. The molecule has 1 fully saturated rings. The zero-order chi connectivity index (χ0) is 20.5. The molecule has 3 atom stereocenters. The molecule has 0 unspecified atom stereocenters. The summed E-state index contributed by atoms with van der Waals surface area (Å²) in [6, 6.07) is 12.7. The maximum Gasteiger partial charge on any atom is 0.123 e. The standard InChI is InChI=1S/C24H22FN3OS/c25-18-6-3-16(4-7-18)1-2-17-5-8-21-20(13-17)24-19(22(15-29)27-21)9-11-28(24)14-23-26-10-12-30-23/h3-8,10,12-13,19,22,24,27,29H,9,11,14-15H2/t19-,22-,24-/m1/s1. The summed E-state index contributed by atoms with van der Waals surface area (Å²) in [5, 5.41) is 16.6. The van der Waals surface area contributed by atoms with Crippen molar-refractivity contribution in [3.8, 4) is 11.8 Å². The molecule has 2 aliphatic heterocycles. The molecular weight excluding hydrogens is 397 g/mol. The average Bonchev–Trinajstić information content (AvgIpc) is 3.43. The zero-order valence-electron chi connectivity index (χ0n) is 16.4. The van der Waals surface area contributed by atoms with Gasteiger partial charge < -0.3 is 10.4 Å². The number of hydrogen-bond donors (Lipinski definition) is 2. The van der Waals surface area contributed by atoms with Gasteiger partial charge in [0, 0.05) is 40.4 Å². The van der Waals surface area contributed by atoms with Crippen molar-refractivity contribution in [3.05, 3.63) is 81.6 Å². The molecule has 2 N–H and O–H groups in total. The van der Waals surface area contributed by atoms with Crippen molar-refractivity contribution in [3.63, 3.8) is 0 Å². The number of anilines is 1. The lowest BCUT2D eigenvalue weighted by Gasteiger charge is -2.39. The van der Waals surface area contributed by atoms with E-state index in [0.29, 0.717) is 5.92 Å². The Labute approximate surface area is 179 Å². The number of aliphatic hydroxyl groups excluding tert-OH is 1. The molecule has 152 valence electrons. The Morgan fingerprint density at radius 1 is 1.17 bits per heavy atom. The van der Waals surface area contributed by atoms with E-state index in [9.17, 15) is 9.50 Å². The Kier molecular flexibility index (Phi) is 5.26. The molecule has 0 bridgehead atoms. The van der Waals surface area contributed by atoms with Crippen molar-refractivity contribution in [1.82, 2.24) is 9.88 Å².